The molecule has 0 unspecified atom stereocenters. The lowest BCUT2D eigenvalue weighted by Crippen LogP contribution is -2.42. The van der Waals surface area contributed by atoms with Gasteiger partial charge in [-0.1, -0.05) is 5.21 Å². The summed E-state index contributed by atoms with van der Waals surface area (Å²) < 4.78 is 31.0. The van der Waals surface area contributed by atoms with E-state index in [0.29, 0.717) is 19.0 Å². The molecule has 2 N–H and O–H groups in total. The molecule has 1 aromatic heterocycles. The molecule has 2 heterocycles. The maximum Gasteiger partial charge on any atom is 0.276 e. The number of hydrogen-bond acceptors (Lipinski definition) is 5. The summed E-state index contributed by atoms with van der Waals surface area (Å²) in [7, 11) is -1.95. The molecule has 120 valence electrons. The van der Waals surface area contributed by atoms with Crippen molar-refractivity contribution in [3.8, 4) is 5.75 Å². The van der Waals surface area contributed by atoms with E-state index in [9.17, 15) is 8.42 Å². The van der Waals surface area contributed by atoms with E-state index in [-0.39, 0.29) is 0 Å². The van der Waals surface area contributed by atoms with Gasteiger partial charge in [0.15, 0.2) is 0 Å². The molecule has 0 aliphatic carbocycles. The van der Waals surface area contributed by atoms with E-state index in [1.807, 2.05) is 22.9 Å². The third kappa shape index (κ3) is 3.06. The molecule has 1 aliphatic heterocycles. The zero-order valence-electron chi connectivity index (χ0n) is 12.3. The van der Waals surface area contributed by atoms with Crippen LogP contribution in [0, 0.1) is 5.92 Å². The fourth-order valence-electron chi connectivity index (χ4n) is 2.80. The van der Waals surface area contributed by atoms with Crippen molar-refractivity contribution in [3.63, 3.8) is 0 Å². The fourth-order valence-corrected chi connectivity index (χ4v) is 3.52. The van der Waals surface area contributed by atoms with E-state index in [1.165, 1.54) is 4.31 Å². The standard InChI is InChI=1S/C13H19N5O3S/c1-21-11-2-3-13-12(8-11)15-16-18(13)9-10-4-6-17(7-5-10)22(14,19)20/h2-3,8,10H,4-7,9H2,1H3,(H2,14,19,20). The first-order valence-corrected chi connectivity index (χ1v) is 8.63. The second-order valence-corrected chi connectivity index (χ2v) is 7.06. The number of benzene rings is 1. The van der Waals surface area contributed by atoms with Crippen LogP contribution in [-0.4, -0.2) is 47.9 Å². The van der Waals surface area contributed by atoms with Crippen molar-refractivity contribution in [1.82, 2.24) is 19.3 Å². The Morgan fingerprint density at radius 2 is 2.09 bits per heavy atom. The predicted octanol–water partition coefficient (Wildman–Crippen LogP) is 0.355. The molecular formula is C13H19N5O3S. The summed E-state index contributed by atoms with van der Waals surface area (Å²) in [5.74, 6) is 1.12. The smallest absolute Gasteiger partial charge is 0.276 e. The van der Waals surface area contributed by atoms with Crippen LogP contribution >= 0.6 is 0 Å². The average Bonchev–Trinajstić information content (AvgIpc) is 2.89. The molecule has 2 aromatic rings. The van der Waals surface area contributed by atoms with Gasteiger partial charge in [-0.2, -0.15) is 12.7 Å². The van der Waals surface area contributed by atoms with Gasteiger partial charge >= 0.3 is 0 Å². The van der Waals surface area contributed by atoms with Gasteiger partial charge in [0, 0.05) is 25.7 Å². The second-order valence-electron chi connectivity index (χ2n) is 5.51. The summed E-state index contributed by atoms with van der Waals surface area (Å²) in [5, 5.41) is 13.5. The summed E-state index contributed by atoms with van der Waals surface area (Å²) in [6.45, 7) is 1.65. The van der Waals surface area contributed by atoms with Gasteiger partial charge in [0.2, 0.25) is 0 Å². The van der Waals surface area contributed by atoms with Crippen LogP contribution in [0.1, 0.15) is 12.8 Å². The number of methoxy groups -OCH3 is 1. The van der Waals surface area contributed by atoms with Gasteiger partial charge in [0.25, 0.3) is 10.2 Å². The number of nitrogens with zero attached hydrogens (tertiary/aromatic N) is 4. The number of nitrogens with two attached hydrogens (primary N) is 1. The molecule has 1 fully saturated rings. The van der Waals surface area contributed by atoms with Crippen LogP contribution in [0.3, 0.4) is 0 Å². The monoisotopic (exact) mass is 325 g/mol. The Kier molecular flexibility index (Phi) is 4.02. The highest BCUT2D eigenvalue weighted by atomic mass is 32.2. The van der Waals surface area contributed by atoms with Crippen LogP contribution in [0.4, 0.5) is 0 Å². The average molecular weight is 325 g/mol. The van der Waals surface area contributed by atoms with Crippen molar-refractivity contribution in [3.05, 3.63) is 18.2 Å². The zero-order valence-corrected chi connectivity index (χ0v) is 13.2. The first-order valence-electron chi connectivity index (χ1n) is 7.12. The maximum atomic E-state index is 11.3. The molecule has 0 saturated carbocycles. The summed E-state index contributed by atoms with van der Waals surface area (Å²) >= 11 is 0. The van der Waals surface area contributed by atoms with Gasteiger partial charge in [-0.3, -0.25) is 0 Å². The van der Waals surface area contributed by atoms with Gasteiger partial charge in [0.1, 0.15) is 11.3 Å². The molecule has 0 atom stereocenters. The van der Waals surface area contributed by atoms with Crippen molar-refractivity contribution in [2.24, 2.45) is 11.1 Å². The van der Waals surface area contributed by atoms with Crippen LogP contribution in [0.2, 0.25) is 0 Å². The summed E-state index contributed by atoms with van der Waals surface area (Å²) in [4.78, 5) is 0. The minimum Gasteiger partial charge on any atom is -0.497 e. The normalized spacial score (nSPS) is 17.9. The lowest BCUT2D eigenvalue weighted by atomic mass is 9.98. The zero-order chi connectivity index (χ0) is 15.7. The summed E-state index contributed by atoms with van der Waals surface area (Å²) in [6.07, 6.45) is 1.54. The lowest BCUT2D eigenvalue weighted by molar-refractivity contribution is 0.248. The summed E-state index contributed by atoms with van der Waals surface area (Å²) in [5.41, 5.74) is 1.75. The number of fused-ring (bicyclic) bond motifs is 1. The Bertz CT molecular complexity index is 765. The molecule has 0 radical (unpaired) electrons. The highest BCUT2D eigenvalue weighted by Crippen LogP contribution is 2.23. The Hall–Kier alpha value is -1.71. The van der Waals surface area contributed by atoms with Crippen molar-refractivity contribution in [1.29, 1.82) is 0 Å². The molecule has 8 nitrogen and oxygen atoms in total. The molecule has 1 saturated heterocycles. The third-order valence-corrected chi connectivity index (χ3v) is 5.17. The lowest BCUT2D eigenvalue weighted by Gasteiger charge is -2.29. The van der Waals surface area contributed by atoms with Crippen molar-refractivity contribution in [2.75, 3.05) is 20.2 Å². The Morgan fingerprint density at radius 1 is 1.36 bits per heavy atom. The van der Waals surface area contributed by atoms with Crippen molar-refractivity contribution >= 4 is 21.2 Å². The molecule has 1 aliphatic rings. The van der Waals surface area contributed by atoms with Crippen LogP contribution in [0.25, 0.3) is 11.0 Å². The first kappa shape index (κ1) is 15.2. The SMILES string of the molecule is COc1ccc2c(c1)nnn2CC1CCN(S(N)(=O)=O)CC1. The minimum atomic E-state index is -3.57. The van der Waals surface area contributed by atoms with E-state index >= 15 is 0 Å². The number of hydrogen-bond donors (Lipinski definition) is 1. The van der Waals surface area contributed by atoms with Gasteiger partial charge in [-0.05, 0) is 30.9 Å². The second kappa shape index (κ2) is 5.82. The molecule has 3 rings (SSSR count). The number of piperidine rings is 1. The van der Waals surface area contributed by atoms with Crippen molar-refractivity contribution in [2.45, 2.75) is 19.4 Å². The van der Waals surface area contributed by atoms with Crippen LogP contribution < -0.4 is 9.88 Å². The topological polar surface area (TPSA) is 103 Å². The predicted molar refractivity (Wildman–Crippen MR) is 81.5 cm³/mol. The van der Waals surface area contributed by atoms with Crippen LogP contribution in [-0.2, 0) is 16.8 Å². The minimum absolute atomic E-state index is 0.366. The Balaban J connectivity index is 1.70. The van der Waals surface area contributed by atoms with E-state index < -0.39 is 10.2 Å². The highest BCUT2D eigenvalue weighted by Gasteiger charge is 2.26. The number of ether oxygens (including phenoxy) is 1. The van der Waals surface area contributed by atoms with E-state index in [0.717, 1.165) is 36.2 Å². The quantitative estimate of drug-likeness (QED) is 0.874. The molecule has 1 aromatic carbocycles. The molecule has 0 spiro atoms. The first-order chi connectivity index (χ1) is 10.5. The number of rotatable bonds is 4. The van der Waals surface area contributed by atoms with Crippen LogP contribution in [0.5, 0.6) is 5.75 Å². The maximum absolute atomic E-state index is 11.3. The fraction of sp³-hybridized carbons (Fsp3) is 0.538. The molecule has 0 amide bonds. The van der Waals surface area contributed by atoms with Gasteiger partial charge in [-0.15, -0.1) is 5.10 Å². The van der Waals surface area contributed by atoms with Gasteiger partial charge < -0.3 is 4.74 Å². The Labute approximate surface area is 129 Å². The third-order valence-electron chi connectivity index (χ3n) is 4.09. The molecular weight excluding hydrogens is 306 g/mol. The largest absolute Gasteiger partial charge is 0.497 e. The van der Waals surface area contributed by atoms with E-state index in [1.54, 1.807) is 7.11 Å². The summed E-state index contributed by atoms with van der Waals surface area (Å²) in [6, 6.07) is 5.67. The Morgan fingerprint density at radius 3 is 2.73 bits per heavy atom. The van der Waals surface area contributed by atoms with E-state index in [2.05, 4.69) is 10.3 Å². The number of aromatic nitrogens is 3. The van der Waals surface area contributed by atoms with Gasteiger partial charge in [0.05, 0.1) is 12.6 Å². The van der Waals surface area contributed by atoms with Gasteiger partial charge in [-0.25, -0.2) is 9.82 Å². The van der Waals surface area contributed by atoms with Crippen LogP contribution in [0.15, 0.2) is 18.2 Å². The van der Waals surface area contributed by atoms with E-state index in [4.69, 9.17) is 9.88 Å². The molecule has 0 bridgehead atoms. The highest BCUT2D eigenvalue weighted by molar-refractivity contribution is 7.86. The van der Waals surface area contributed by atoms with Crippen molar-refractivity contribution < 1.29 is 13.2 Å². The molecule has 9 heteroatoms. The molecule has 22 heavy (non-hydrogen) atoms.